The van der Waals surface area contributed by atoms with Crippen LogP contribution in [0.4, 0.5) is 0 Å². The number of nitrogens with zero attached hydrogens (tertiary/aromatic N) is 2. The van der Waals surface area contributed by atoms with Crippen LogP contribution in [0.25, 0.3) is 10.9 Å². The zero-order valence-corrected chi connectivity index (χ0v) is 16.3. The Bertz CT molecular complexity index is 1090. The highest BCUT2D eigenvalue weighted by atomic mass is 16.2. The second-order valence-corrected chi connectivity index (χ2v) is 6.88. The van der Waals surface area contributed by atoms with Crippen molar-refractivity contribution in [2.24, 2.45) is 5.10 Å². The van der Waals surface area contributed by atoms with Gasteiger partial charge in [0.15, 0.2) is 0 Å². The average molecular weight is 381 g/mol. The SMILES string of the molecule is CCn1cc(/C=N/NC(=O)C(c2ccccc2)c2ccccc2)c2ccccc21. The van der Waals surface area contributed by atoms with Gasteiger partial charge in [-0.05, 0) is 24.1 Å². The van der Waals surface area contributed by atoms with Gasteiger partial charge in [-0.15, -0.1) is 0 Å². The largest absolute Gasteiger partial charge is 0.347 e. The Kier molecular flexibility index (Phi) is 5.52. The lowest BCUT2D eigenvalue weighted by molar-refractivity contribution is -0.121. The Morgan fingerprint density at radius 1 is 0.931 bits per heavy atom. The fourth-order valence-electron chi connectivity index (χ4n) is 3.66. The first-order valence-corrected chi connectivity index (χ1v) is 9.78. The maximum atomic E-state index is 13.0. The van der Waals surface area contributed by atoms with Crippen LogP contribution in [0, 0.1) is 0 Å². The third-order valence-corrected chi connectivity index (χ3v) is 5.07. The minimum absolute atomic E-state index is 0.155. The van der Waals surface area contributed by atoms with Crippen molar-refractivity contribution in [3.8, 4) is 0 Å². The number of benzene rings is 3. The van der Waals surface area contributed by atoms with Gasteiger partial charge in [0.2, 0.25) is 0 Å². The maximum Gasteiger partial charge on any atom is 0.252 e. The van der Waals surface area contributed by atoms with E-state index in [9.17, 15) is 4.79 Å². The van der Waals surface area contributed by atoms with E-state index < -0.39 is 5.92 Å². The maximum absolute atomic E-state index is 13.0. The molecule has 0 aliphatic rings. The second kappa shape index (κ2) is 8.57. The molecule has 0 unspecified atom stereocenters. The van der Waals surface area contributed by atoms with Gasteiger partial charge in [0.25, 0.3) is 5.91 Å². The molecule has 0 saturated carbocycles. The van der Waals surface area contributed by atoms with Crippen LogP contribution in [-0.2, 0) is 11.3 Å². The number of nitrogens with one attached hydrogen (secondary N) is 1. The first kappa shape index (κ1) is 18.7. The number of carbonyl (C=O) groups excluding carboxylic acids is 1. The van der Waals surface area contributed by atoms with E-state index in [1.807, 2.05) is 72.8 Å². The van der Waals surface area contributed by atoms with Gasteiger partial charge in [-0.1, -0.05) is 78.9 Å². The highest BCUT2D eigenvalue weighted by Gasteiger charge is 2.22. The smallest absolute Gasteiger partial charge is 0.252 e. The van der Waals surface area contributed by atoms with Crippen molar-refractivity contribution in [1.29, 1.82) is 0 Å². The zero-order chi connectivity index (χ0) is 20.1. The van der Waals surface area contributed by atoms with Crippen LogP contribution in [0.5, 0.6) is 0 Å². The van der Waals surface area contributed by atoms with Gasteiger partial charge in [0.05, 0.1) is 12.1 Å². The van der Waals surface area contributed by atoms with Crippen LogP contribution in [0.2, 0.25) is 0 Å². The molecule has 144 valence electrons. The van der Waals surface area contributed by atoms with E-state index in [1.54, 1.807) is 6.21 Å². The van der Waals surface area contributed by atoms with Gasteiger partial charge in [0, 0.05) is 29.2 Å². The summed E-state index contributed by atoms with van der Waals surface area (Å²) in [6.07, 6.45) is 3.78. The van der Waals surface area contributed by atoms with Crippen molar-refractivity contribution in [2.75, 3.05) is 0 Å². The molecule has 4 nitrogen and oxygen atoms in total. The number of rotatable bonds is 6. The quantitative estimate of drug-likeness (QED) is 0.373. The van der Waals surface area contributed by atoms with Gasteiger partial charge in [0.1, 0.15) is 0 Å². The van der Waals surface area contributed by atoms with E-state index in [2.05, 4.69) is 40.3 Å². The van der Waals surface area contributed by atoms with Crippen LogP contribution < -0.4 is 5.43 Å². The third-order valence-electron chi connectivity index (χ3n) is 5.07. The van der Waals surface area contributed by atoms with Gasteiger partial charge in [-0.25, -0.2) is 5.43 Å². The van der Waals surface area contributed by atoms with E-state index in [-0.39, 0.29) is 5.91 Å². The molecule has 3 aromatic carbocycles. The van der Waals surface area contributed by atoms with E-state index in [4.69, 9.17) is 0 Å². The highest BCUT2D eigenvalue weighted by Crippen LogP contribution is 2.25. The van der Waals surface area contributed by atoms with Crippen LogP contribution in [0.1, 0.15) is 29.5 Å². The summed E-state index contributed by atoms with van der Waals surface area (Å²) in [5.41, 5.74) is 6.77. The summed E-state index contributed by atoms with van der Waals surface area (Å²) >= 11 is 0. The normalized spacial score (nSPS) is 11.4. The minimum Gasteiger partial charge on any atom is -0.347 e. The first-order valence-electron chi connectivity index (χ1n) is 9.78. The summed E-state index contributed by atoms with van der Waals surface area (Å²) in [4.78, 5) is 13.0. The number of hydrazone groups is 1. The van der Waals surface area contributed by atoms with Crippen LogP contribution >= 0.6 is 0 Å². The minimum atomic E-state index is -0.411. The standard InChI is InChI=1S/C25H23N3O/c1-2-28-18-21(22-15-9-10-16-23(22)28)17-26-27-25(29)24(19-11-5-3-6-12-19)20-13-7-4-8-14-20/h3-18,24H,2H2,1H3,(H,27,29)/b26-17+. The van der Waals surface area contributed by atoms with E-state index in [0.29, 0.717) is 0 Å². The molecule has 4 rings (SSSR count). The van der Waals surface area contributed by atoms with Crippen molar-refractivity contribution in [3.63, 3.8) is 0 Å². The summed E-state index contributed by atoms with van der Waals surface area (Å²) in [6, 6.07) is 27.8. The summed E-state index contributed by atoms with van der Waals surface area (Å²) in [6.45, 7) is 2.99. The molecule has 4 aromatic rings. The first-order chi connectivity index (χ1) is 14.3. The predicted molar refractivity (Wildman–Crippen MR) is 118 cm³/mol. The number of para-hydroxylation sites is 1. The summed E-state index contributed by atoms with van der Waals surface area (Å²) in [7, 11) is 0. The van der Waals surface area contributed by atoms with E-state index >= 15 is 0 Å². The van der Waals surface area contributed by atoms with E-state index in [0.717, 1.165) is 34.1 Å². The monoisotopic (exact) mass is 381 g/mol. The molecule has 29 heavy (non-hydrogen) atoms. The third kappa shape index (κ3) is 3.97. The Balaban J connectivity index is 1.59. The number of amides is 1. The fraction of sp³-hybridized carbons (Fsp3) is 0.120. The molecule has 0 atom stereocenters. The molecule has 1 amide bonds. The molecular formula is C25H23N3O. The lowest BCUT2D eigenvalue weighted by atomic mass is 9.91. The van der Waals surface area contributed by atoms with Crippen LogP contribution in [-0.4, -0.2) is 16.7 Å². The van der Waals surface area contributed by atoms with Crippen LogP contribution in [0.3, 0.4) is 0 Å². The Morgan fingerprint density at radius 3 is 2.14 bits per heavy atom. The van der Waals surface area contributed by atoms with Crippen molar-refractivity contribution in [3.05, 3.63) is 108 Å². The van der Waals surface area contributed by atoms with Crippen molar-refractivity contribution >= 4 is 23.0 Å². The van der Waals surface area contributed by atoms with Gasteiger partial charge in [-0.2, -0.15) is 5.10 Å². The van der Waals surface area contributed by atoms with Gasteiger partial charge in [-0.3, -0.25) is 4.79 Å². The zero-order valence-electron chi connectivity index (χ0n) is 16.3. The number of aryl methyl sites for hydroxylation is 1. The van der Waals surface area contributed by atoms with Crippen LogP contribution in [0.15, 0.2) is 96.2 Å². The van der Waals surface area contributed by atoms with Crippen molar-refractivity contribution < 1.29 is 4.79 Å². The lowest BCUT2D eigenvalue weighted by Crippen LogP contribution is -2.26. The lowest BCUT2D eigenvalue weighted by Gasteiger charge is -2.16. The molecule has 1 aromatic heterocycles. The molecule has 0 radical (unpaired) electrons. The Hall–Kier alpha value is -3.66. The number of aromatic nitrogens is 1. The molecule has 0 aliphatic carbocycles. The number of fused-ring (bicyclic) bond motifs is 1. The number of carbonyl (C=O) groups is 1. The Labute approximate surface area is 170 Å². The van der Waals surface area contributed by atoms with Crippen molar-refractivity contribution in [1.82, 2.24) is 9.99 Å². The molecule has 0 bridgehead atoms. The fourth-order valence-corrected chi connectivity index (χ4v) is 3.66. The molecule has 0 saturated heterocycles. The molecule has 0 spiro atoms. The topological polar surface area (TPSA) is 46.4 Å². The molecular weight excluding hydrogens is 358 g/mol. The van der Waals surface area contributed by atoms with E-state index in [1.165, 1.54) is 0 Å². The average Bonchev–Trinajstić information content (AvgIpc) is 3.13. The summed E-state index contributed by atoms with van der Waals surface area (Å²) < 4.78 is 2.18. The van der Waals surface area contributed by atoms with Crippen molar-refractivity contribution in [2.45, 2.75) is 19.4 Å². The molecule has 1 N–H and O–H groups in total. The predicted octanol–water partition coefficient (Wildman–Crippen LogP) is 4.94. The van der Waals surface area contributed by atoms with Gasteiger partial charge >= 0.3 is 0 Å². The highest BCUT2D eigenvalue weighted by molar-refractivity contribution is 6.00. The second-order valence-electron chi connectivity index (χ2n) is 6.88. The molecule has 0 aliphatic heterocycles. The summed E-state index contributed by atoms with van der Waals surface area (Å²) in [5, 5.41) is 5.39. The molecule has 1 heterocycles. The molecule has 0 fully saturated rings. The summed E-state index contributed by atoms with van der Waals surface area (Å²) in [5.74, 6) is -0.565. The number of hydrogen-bond acceptors (Lipinski definition) is 2. The van der Waals surface area contributed by atoms with Gasteiger partial charge < -0.3 is 4.57 Å². The Morgan fingerprint density at radius 2 is 1.52 bits per heavy atom. The number of hydrogen-bond donors (Lipinski definition) is 1. The molecule has 4 heteroatoms.